The summed E-state index contributed by atoms with van der Waals surface area (Å²) in [4.78, 5) is 10.2. The van der Waals surface area contributed by atoms with E-state index in [0.717, 1.165) is 0 Å². The Morgan fingerprint density at radius 3 is 2.90 bits per heavy atom. The monoisotopic (exact) mass is 142 g/mol. The molecule has 1 amide bonds. The maximum Gasteiger partial charge on any atom is 0.223 e. The molecule has 0 unspecified atom stereocenters. The number of hydrogen-bond donors (Lipinski definition) is 3. The summed E-state index contributed by atoms with van der Waals surface area (Å²) in [5.41, 5.74) is 7.35. The normalized spacial score (nSPS) is 9.70. The van der Waals surface area contributed by atoms with Crippen LogP contribution >= 0.6 is 0 Å². The summed E-state index contributed by atoms with van der Waals surface area (Å²) in [5.74, 6) is -0.521. The highest BCUT2D eigenvalue weighted by atomic mass is 16.1. The molecule has 0 aromatic rings. The van der Waals surface area contributed by atoms with E-state index in [1.165, 1.54) is 6.21 Å². The number of hydrogen-bond acceptors (Lipinski definition) is 4. The van der Waals surface area contributed by atoms with Gasteiger partial charge in [0.05, 0.1) is 18.3 Å². The molecule has 10 heavy (non-hydrogen) atoms. The number of amides is 1. The van der Waals surface area contributed by atoms with Crippen LogP contribution in [0.3, 0.4) is 0 Å². The summed E-state index contributed by atoms with van der Waals surface area (Å²) < 4.78 is 0. The molecule has 5 heteroatoms. The molecule has 56 valence electrons. The molecule has 0 saturated heterocycles. The number of rotatable bonds is 4. The van der Waals surface area contributed by atoms with Crippen LogP contribution in [0.4, 0.5) is 0 Å². The Kier molecular flexibility index (Phi) is 3.86. The lowest BCUT2D eigenvalue weighted by molar-refractivity contribution is -0.116. The molecule has 0 atom stereocenters. The number of nitrogens with one attached hydrogen (secondary N) is 2. The zero-order valence-electron chi connectivity index (χ0n) is 5.72. The Morgan fingerprint density at radius 1 is 1.90 bits per heavy atom. The summed E-state index contributed by atoms with van der Waals surface area (Å²) in [6.45, 7) is 0. The third kappa shape index (κ3) is 4.76. The highest BCUT2D eigenvalue weighted by molar-refractivity contribution is 6.32. The Balaban J connectivity index is 3.64. The molecule has 0 aliphatic rings. The van der Waals surface area contributed by atoms with Crippen molar-refractivity contribution in [3.8, 4) is 0 Å². The average molecular weight is 142 g/mol. The summed E-state index contributed by atoms with van der Waals surface area (Å²) in [5, 5.41) is 10.5. The Labute approximate surface area is 58.8 Å². The molecule has 5 nitrogen and oxygen atoms in total. The number of carbonyl (C=O) groups is 1. The largest absolute Gasteiger partial charge is 0.369 e. The zero-order chi connectivity index (χ0) is 7.98. The predicted molar refractivity (Wildman–Crippen MR) is 39.1 cm³/mol. The summed E-state index contributed by atoms with van der Waals surface area (Å²) in [7, 11) is 1.61. The van der Waals surface area contributed by atoms with Crippen LogP contribution in [0.2, 0.25) is 0 Å². The standard InChI is InChI=1S/C5H10N4O/c1-8-9-3-4(6)2-5(7)10/h3,6,8H,2H2,1H3,(H2,7,10)/b6-4?,9-3-. The van der Waals surface area contributed by atoms with Crippen LogP contribution in [0.1, 0.15) is 6.42 Å². The minimum Gasteiger partial charge on any atom is -0.369 e. The summed E-state index contributed by atoms with van der Waals surface area (Å²) in [6, 6.07) is 0. The van der Waals surface area contributed by atoms with Crippen molar-refractivity contribution in [2.75, 3.05) is 7.05 Å². The molecule has 0 spiro atoms. The van der Waals surface area contributed by atoms with Gasteiger partial charge in [0.2, 0.25) is 5.91 Å². The van der Waals surface area contributed by atoms with Crippen LogP contribution in [0.25, 0.3) is 0 Å². The quantitative estimate of drug-likeness (QED) is 0.350. The lowest BCUT2D eigenvalue weighted by Gasteiger charge is -1.90. The molecule has 0 saturated carbocycles. The van der Waals surface area contributed by atoms with Crippen LogP contribution in [0, 0.1) is 5.41 Å². The van der Waals surface area contributed by atoms with Crippen LogP contribution in [-0.4, -0.2) is 24.9 Å². The second-order valence-corrected chi connectivity index (χ2v) is 1.65. The van der Waals surface area contributed by atoms with Crippen molar-refractivity contribution in [1.82, 2.24) is 5.43 Å². The van der Waals surface area contributed by atoms with Crippen LogP contribution in [0.15, 0.2) is 5.10 Å². The van der Waals surface area contributed by atoms with E-state index in [4.69, 9.17) is 11.1 Å². The molecule has 0 aliphatic carbocycles. The third-order valence-electron chi connectivity index (χ3n) is 0.714. The lowest BCUT2D eigenvalue weighted by Crippen LogP contribution is -2.16. The second kappa shape index (κ2) is 4.49. The number of hydrazone groups is 1. The van der Waals surface area contributed by atoms with Gasteiger partial charge in [0.15, 0.2) is 0 Å². The average Bonchev–Trinajstić information content (AvgIpc) is 1.82. The van der Waals surface area contributed by atoms with Crippen LogP contribution < -0.4 is 11.2 Å². The van der Waals surface area contributed by atoms with E-state index >= 15 is 0 Å². The van der Waals surface area contributed by atoms with Crippen molar-refractivity contribution in [3.05, 3.63) is 0 Å². The first kappa shape index (κ1) is 8.61. The highest BCUT2D eigenvalue weighted by Crippen LogP contribution is 1.76. The predicted octanol–water partition coefficient (Wildman–Crippen LogP) is -0.913. The highest BCUT2D eigenvalue weighted by Gasteiger charge is 1.96. The minimum atomic E-state index is -0.521. The lowest BCUT2D eigenvalue weighted by atomic mass is 10.3. The van der Waals surface area contributed by atoms with Gasteiger partial charge in [-0.2, -0.15) is 5.10 Å². The fourth-order valence-electron chi connectivity index (χ4n) is 0.376. The van der Waals surface area contributed by atoms with E-state index in [-0.39, 0.29) is 12.1 Å². The number of primary amides is 1. The molecule has 0 rings (SSSR count). The van der Waals surface area contributed by atoms with Gasteiger partial charge in [-0.05, 0) is 0 Å². The maximum absolute atomic E-state index is 10.2. The Hall–Kier alpha value is -1.39. The molecule has 0 heterocycles. The molecule has 0 bridgehead atoms. The number of nitrogens with zero attached hydrogens (tertiary/aromatic N) is 1. The molecular weight excluding hydrogens is 132 g/mol. The van der Waals surface area contributed by atoms with E-state index in [1.54, 1.807) is 7.05 Å². The van der Waals surface area contributed by atoms with Crippen molar-refractivity contribution in [3.63, 3.8) is 0 Å². The smallest absolute Gasteiger partial charge is 0.223 e. The molecule has 0 radical (unpaired) electrons. The summed E-state index contributed by atoms with van der Waals surface area (Å²) >= 11 is 0. The minimum absolute atomic E-state index is 0.0643. The first-order chi connectivity index (χ1) is 4.66. The van der Waals surface area contributed by atoms with E-state index in [2.05, 4.69) is 10.5 Å². The van der Waals surface area contributed by atoms with Gasteiger partial charge in [-0.25, -0.2) is 0 Å². The fourth-order valence-corrected chi connectivity index (χ4v) is 0.376. The van der Waals surface area contributed by atoms with Crippen molar-refractivity contribution >= 4 is 17.8 Å². The van der Waals surface area contributed by atoms with Gasteiger partial charge in [0, 0.05) is 7.05 Å². The second-order valence-electron chi connectivity index (χ2n) is 1.65. The fraction of sp³-hybridized carbons (Fsp3) is 0.400. The molecule has 0 fully saturated rings. The van der Waals surface area contributed by atoms with E-state index in [0.29, 0.717) is 0 Å². The number of carbonyl (C=O) groups excluding carboxylic acids is 1. The number of nitrogens with two attached hydrogens (primary N) is 1. The van der Waals surface area contributed by atoms with Crippen LogP contribution in [-0.2, 0) is 4.79 Å². The topological polar surface area (TPSA) is 91.3 Å². The van der Waals surface area contributed by atoms with Gasteiger partial charge in [0.1, 0.15) is 0 Å². The molecule has 0 aromatic carbocycles. The summed E-state index contributed by atoms with van der Waals surface area (Å²) in [6.07, 6.45) is 1.18. The van der Waals surface area contributed by atoms with Gasteiger partial charge in [0.25, 0.3) is 0 Å². The Bertz CT molecular complexity index is 163. The van der Waals surface area contributed by atoms with Crippen molar-refractivity contribution in [2.45, 2.75) is 6.42 Å². The molecular formula is C5H10N4O. The van der Waals surface area contributed by atoms with Gasteiger partial charge < -0.3 is 16.6 Å². The SMILES string of the molecule is CN/N=C\C(=N)CC(N)=O. The first-order valence-electron chi connectivity index (χ1n) is 2.72. The van der Waals surface area contributed by atoms with Gasteiger partial charge in [-0.3, -0.25) is 4.79 Å². The van der Waals surface area contributed by atoms with Gasteiger partial charge >= 0.3 is 0 Å². The molecule has 0 aromatic heterocycles. The third-order valence-corrected chi connectivity index (χ3v) is 0.714. The van der Waals surface area contributed by atoms with E-state index < -0.39 is 5.91 Å². The van der Waals surface area contributed by atoms with Gasteiger partial charge in [-0.1, -0.05) is 0 Å². The van der Waals surface area contributed by atoms with E-state index in [9.17, 15) is 4.79 Å². The first-order valence-corrected chi connectivity index (χ1v) is 2.72. The van der Waals surface area contributed by atoms with E-state index in [1.807, 2.05) is 0 Å². The zero-order valence-corrected chi connectivity index (χ0v) is 5.72. The van der Waals surface area contributed by atoms with Crippen molar-refractivity contribution < 1.29 is 4.79 Å². The molecule has 0 aliphatic heterocycles. The molecule has 4 N–H and O–H groups in total. The maximum atomic E-state index is 10.2. The Morgan fingerprint density at radius 2 is 2.50 bits per heavy atom. The van der Waals surface area contributed by atoms with Crippen molar-refractivity contribution in [2.24, 2.45) is 10.8 Å². The van der Waals surface area contributed by atoms with Crippen molar-refractivity contribution in [1.29, 1.82) is 5.41 Å². The van der Waals surface area contributed by atoms with Gasteiger partial charge in [-0.15, -0.1) is 0 Å². The van der Waals surface area contributed by atoms with Crippen LogP contribution in [0.5, 0.6) is 0 Å².